The molecule has 0 N–H and O–H groups in total. The lowest BCUT2D eigenvalue weighted by Crippen LogP contribution is -1.83. The van der Waals surface area contributed by atoms with E-state index < -0.39 is 0 Å². The number of allylic oxidation sites excluding steroid dienone is 4. The summed E-state index contributed by atoms with van der Waals surface area (Å²) in [4.78, 5) is 20.7. The molecule has 0 aliphatic heterocycles. The summed E-state index contributed by atoms with van der Waals surface area (Å²) in [5.41, 5.74) is 1.84. The van der Waals surface area contributed by atoms with Crippen molar-refractivity contribution in [3.05, 3.63) is 21.8 Å². The van der Waals surface area contributed by atoms with Gasteiger partial charge < -0.3 is 0 Å². The van der Waals surface area contributed by atoms with Gasteiger partial charge >= 0.3 is 0 Å². The average molecular weight is 171 g/mol. The van der Waals surface area contributed by atoms with Crippen molar-refractivity contribution in [2.45, 2.75) is 13.3 Å². The highest BCUT2D eigenvalue weighted by Gasteiger charge is 2.19. The summed E-state index contributed by atoms with van der Waals surface area (Å²) in [6.07, 6.45) is 1.90. The predicted molar refractivity (Wildman–Crippen MR) is 42.3 cm³/mol. The summed E-state index contributed by atoms with van der Waals surface area (Å²) in [6, 6.07) is 0. The molecule has 0 amide bonds. The van der Waals surface area contributed by atoms with Crippen molar-refractivity contribution >= 4 is 24.2 Å². The molecule has 0 unspecified atom stereocenters. The fraction of sp³-hybridized carbons (Fsp3) is 0.250. The Bertz CT molecular complexity index is 274. The van der Waals surface area contributed by atoms with Gasteiger partial charge in [0.2, 0.25) is 0 Å². The third kappa shape index (κ3) is 1.26. The summed E-state index contributed by atoms with van der Waals surface area (Å²) < 4.78 is 0. The summed E-state index contributed by atoms with van der Waals surface area (Å²) in [5, 5.41) is 0.313. The topological polar surface area (TPSA) is 34.1 Å². The minimum Gasteiger partial charge on any atom is -0.298 e. The van der Waals surface area contributed by atoms with Gasteiger partial charge in [0.1, 0.15) is 6.29 Å². The molecular formula is C8H7ClO2. The standard InChI is InChI=1S/C8H7ClO2/c1-5-2-6(3-10)8(9)7(5)4-11/h3-4H,2H2,1H3. The zero-order valence-corrected chi connectivity index (χ0v) is 6.81. The fourth-order valence-electron chi connectivity index (χ4n) is 1.06. The van der Waals surface area contributed by atoms with E-state index in [-0.39, 0.29) is 0 Å². The van der Waals surface area contributed by atoms with Crippen molar-refractivity contribution in [1.82, 2.24) is 0 Å². The number of halogens is 1. The number of hydrogen-bond acceptors (Lipinski definition) is 2. The number of hydrogen-bond donors (Lipinski definition) is 0. The lowest BCUT2D eigenvalue weighted by atomic mass is 10.2. The van der Waals surface area contributed by atoms with Crippen LogP contribution in [-0.4, -0.2) is 12.6 Å². The third-order valence-corrected chi connectivity index (χ3v) is 2.14. The van der Waals surface area contributed by atoms with Gasteiger partial charge in [0.15, 0.2) is 6.29 Å². The zero-order chi connectivity index (χ0) is 8.43. The van der Waals surface area contributed by atoms with Gasteiger partial charge in [-0.05, 0) is 13.3 Å². The van der Waals surface area contributed by atoms with Crippen LogP contribution in [-0.2, 0) is 9.59 Å². The molecule has 0 fully saturated rings. The molecular weight excluding hydrogens is 164 g/mol. The Morgan fingerprint density at radius 1 is 1.36 bits per heavy atom. The number of carbonyl (C=O) groups excluding carboxylic acids is 2. The van der Waals surface area contributed by atoms with Gasteiger partial charge in [-0.15, -0.1) is 0 Å². The molecule has 0 aromatic heterocycles. The van der Waals surface area contributed by atoms with Crippen LogP contribution in [0, 0.1) is 0 Å². The Kier molecular flexibility index (Phi) is 2.25. The number of carbonyl (C=O) groups is 2. The monoisotopic (exact) mass is 170 g/mol. The van der Waals surface area contributed by atoms with Crippen molar-refractivity contribution in [3.8, 4) is 0 Å². The Hall–Kier alpha value is -0.890. The van der Waals surface area contributed by atoms with Crippen molar-refractivity contribution in [1.29, 1.82) is 0 Å². The van der Waals surface area contributed by atoms with Gasteiger partial charge in [0.05, 0.1) is 5.03 Å². The lowest BCUT2D eigenvalue weighted by molar-refractivity contribution is -0.105. The van der Waals surface area contributed by atoms with Crippen molar-refractivity contribution < 1.29 is 9.59 Å². The smallest absolute Gasteiger partial charge is 0.151 e. The fourth-order valence-corrected chi connectivity index (χ4v) is 1.38. The largest absolute Gasteiger partial charge is 0.298 e. The van der Waals surface area contributed by atoms with Crippen molar-refractivity contribution in [2.75, 3.05) is 0 Å². The molecule has 0 radical (unpaired) electrons. The van der Waals surface area contributed by atoms with Crippen LogP contribution in [0.4, 0.5) is 0 Å². The molecule has 0 heterocycles. The SMILES string of the molecule is CC1=C(C=O)C(Cl)=C(C=O)C1. The van der Waals surface area contributed by atoms with Gasteiger partial charge in [-0.2, -0.15) is 0 Å². The highest BCUT2D eigenvalue weighted by Crippen LogP contribution is 2.31. The molecule has 0 saturated heterocycles. The highest BCUT2D eigenvalue weighted by atomic mass is 35.5. The molecule has 0 spiro atoms. The van der Waals surface area contributed by atoms with E-state index in [1.54, 1.807) is 6.92 Å². The predicted octanol–water partition coefficient (Wildman–Crippen LogP) is 1.60. The van der Waals surface area contributed by atoms with E-state index in [0.717, 1.165) is 5.57 Å². The molecule has 0 atom stereocenters. The molecule has 3 heteroatoms. The Labute approximate surface area is 69.5 Å². The molecule has 1 rings (SSSR count). The van der Waals surface area contributed by atoms with Crippen LogP contribution < -0.4 is 0 Å². The van der Waals surface area contributed by atoms with Gasteiger partial charge in [0, 0.05) is 11.1 Å². The van der Waals surface area contributed by atoms with Crippen LogP contribution in [0.15, 0.2) is 21.8 Å². The summed E-state index contributed by atoms with van der Waals surface area (Å²) in [5.74, 6) is 0. The lowest BCUT2D eigenvalue weighted by Gasteiger charge is -1.90. The first-order valence-electron chi connectivity index (χ1n) is 3.19. The second-order valence-corrected chi connectivity index (χ2v) is 2.82. The van der Waals surface area contributed by atoms with E-state index in [1.807, 2.05) is 0 Å². The van der Waals surface area contributed by atoms with Crippen LogP contribution >= 0.6 is 11.6 Å². The number of aldehydes is 2. The van der Waals surface area contributed by atoms with E-state index in [1.165, 1.54) is 0 Å². The van der Waals surface area contributed by atoms with Crippen LogP contribution in [0.1, 0.15) is 13.3 Å². The second kappa shape index (κ2) is 3.01. The van der Waals surface area contributed by atoms with Gasteiger partial charge in [0.25, 0.3) is 0 Å². The molecule has 2 nitrogen and oxygen atoms in total. The van der Waals surface area contributed by atoms with E-state index in [9.17, 15) is 9.59 Å². The molecule has 0 aromatic carbocycles. The first kappa shape index (κ1) is 8.21. The molecule has 0 bridgehead atoms. The Balaban J connectivity index is 3.08. The summed E-state index contributed by atoms with van der Waals surface area (Å²) >= 11 is 5.70. The van der Waals surface area contributed by atoms with Crippen LogP contribution in [0.25, 0.3) is 0 Å². The molecule has 0 aromatic rings. The van der Waals surface area contributed by atoms with Gasteiger partial charge in [-0.1, -0.05) is 17.2 Å². The van der Waals surface area contributed by atoms with Gasteiger partial charge in [-0.25, -0.2) is 0 Å². The zero-order valence-electron chi connectivity index (χ0n) is 6.06. The first-order valence-corrected chi connectivity index (χ1v) is 3.57. The Morgan fingerprint density at radius 3 is 2.27 bits per heavy atom. The maximum Gasteiger partial charge on any atom is 0.151 e. The third-order valence-electron chi connectivity index (χ3n) is 1.69. The molecule has 58 valence electrons. The Morgan fingerprint density at radius 2 is 2.00 bits per heavy atom. The average Bonchev–Trinajstić information content (AvgIpc) is 2.26. The normalized spacial score (nSPS) is 17.6. The molecule has 11 heavy (non-hydrogen) atoms. The maximum absolute atomic E-state index is 10.4. The number of rotatable bonds is 2. The van der Waals surface area contributed by atoms with Crippen LogP contribution in [0.5, 0.6) is 0 Å². The van der Waals surface area contributed by atoms with Crippen LogP contribution in [0.2, 0.25) is 0 Å². The second-order valence-electron chi connectivity index (χ2n) is 2.45. The molecule has 1 aliphatic rings. The molecule has 0 saturated carbocycles. The summed E-state index contributed by atoms with van der Waals surface area (Å²) in [6.45, 7) is 1.79. The maximum atomic E-state index is 10.4. The minimum atomic E-state index is 0.313. The van der Waals surface area contributed by atoms with Gasteiger partial charge in [-0.3, -0.25) is 9.59 Å². The quantitative estimate of drug-likeness (QED) is 0.590. The highest BCUT2D eigenvalue weighted by molar-refractivity contribution is 6.36. The summed E-state index contributed by atoms with van der Waals surface area (Å²) in [7, 11) is 0. The molecule has 1 aliphatic carbocycles. The van der Waals surface area contributed by atoms with E-state index in [0.29, 0.717) is 35.2 Å². The minimum absolute atomic E-state index is 0.313. The van der Waals surface area contributed by atoms with E-state index in [4.69, 9.17) is 11.6 Å². The van der Waals surface area contributed by atoms with E-state index >= 15 is 0 Å². The first-order chi connectivity index (χ1) is 5.20. The van der Waals surface area contributed by atoms with Crippen molar-refractivity contribution in [3.63, 3.8) is 0 Å². The van der Waals surface area contributed by atoms with Crippen molar-refractivity contribution in [2.24, 2.45) is 0 Å². The van der Waals surface area contributed by atoms with Crippen LogP contribution in [0.3, 0.4) is 0 Å². The van der Waals surface area contributed by atoms with E-state index in [2.05, 4.69) is 0 Å².